The quantitative estimate of drug-likeness (QED) is 0.813. The maximum absolute atomic E-state index is 11.5. The molecule has 2 rings (SSSR count). The van der Waals surface area contributed by atoms with Crippen molar-refractivity contribution < 1.29 is 19.2 Å². The van der Waals surface area contributed by atoms with Gasteiger partial charge in [-0.15, -0.1) is 0 Å². The van der Waals surface area contributed by atoms with Gasteiger partial charge in [-0.2, -0.15) is 4.98 Å². The number of amides is 1. The van der Waals surface area contributed by atoms with Crippen molar-refractivity contribution in [3.63, 3.8) is 0 Å². The number of nitrogens with zero attached hydrogens (tertiary/aromatic N) is 2. The van der Waals surface area contributed by atoms with Gasteiger partial charge in [-0.3, -0.25) is 9.59 Å². The number of aliphatic carboxylic acids is 1. The molecule has 1 saturated carbocycles. The number of rotatable bonds is 6. The summed E-state index contributed by atoms with van der Waals surface area (Å²) in [6.07, 6.45) is 5.06. The highest BCUT2D eigenvalue weighted by Crippen LogP contribution is 2.32. The molecule has 20 heavy (non-hydrogen) atoms. The van der Waals surface area contributed by atoms with E-state index in [-0.39, 0.29) is 12.3 Å². The van der Waals surface area contributed by atoms with Crippen LogP contribution in [-0.2, 0) is 16.0 Å². The zero-order valence-corrected chi connectivity index (χ0v) is 11.5. The van der Waals surface area contributed by atoms with Crippen LogP contribution in [0.25, 0.3) is 0 Å². The molecule has 0 aromatic carbocycles. The van der Waals surface area contributed by atoms with E-state index < -0.39 is 12.0 Å². The number of carboxylic acid groups (broad SMARTS) is 1. The van der Waals surface area contributed by atoms with Crippen molar-refractivity contribution in [1.82, 2.24) is 15.5 Å². The molecule has 0 spiro atoms. The molecule has 1 heterocycles. The van der Waals surface area contributed by atoms with Crippen LogP contribution in [0.15, 0.2) is 4.52 Å². The lowest BCUT2D eigenvalue weighted by Crippen LogP contribution is -2.38. The summed E-state index contributed by atoms with van der Waals surface area (Å²) in [7, 11) is 0. The van der Waals surface area contributed by atoms with Gasteiger partial charge < -0.3 is 14.9 Å². The van der Waals surface area contributed by atoms with E-state index in [1.54, 1.807) is 0 Å². The van der Waals surface area contributed by atoms with Gasteiger partial charge in [-0.05, 0) is 19.8 Å². The molecule has 1 amide bonds. The molecule has 0 aliphatic heterocycles. The van der Waals surface area contributed by atoms with Crippen LogP contribution in [0.3, 0.4) is 0 Å². The first-order chi connectivity index (χ1) is 9.56. The Kier molecular flexibility index (Phi) is 4.70. The lowest BCUT2D eigenvalue weighted by molar-refractivity contribution is -0.141. The maximum Gasteiger partial charge on any atom is 0.325 e. The molecule has 1 aliphatic rings. The highest BCUT2D eigenvalue weighted by molar-refractivity contribution is 5.83. The van der Waals surface area contributed by atoms with Crippen molar-refractivity contribution in [3.05, 3.63) is 11.7 Å². The van der Waals surface area contributed by atoms with Crippen LogP contribution < -0.4 is 5.32 Å². The molecule has 7 nitrogen and oxygen atoms in total. The molecule has 1 aromatic heterocycles. The Morgan fingerprint density at radius 3 is 2.80 bits per heavy atom. The molecule has 1 fully saturated rings. The Balaban J connectivity index is 1.79. The van der Waals surface area contributed by atoms with Crippen molar-refractivity contribution in [2.24, 2.45) is 0 Å². The summed E-state index contributed by atoms with van der Waals surface area (Å²) in [5.74, 6) is 0.162. The number of hydrogen-bond acceptors (Lipinski definition) is 5. The van der Waals surface area contributed by atoms with Crippen LogP contribution >= 0.6 is 0 Å². The monoisotopic (exact) mass is 281 g/mol. The zero-order chi connectivity index (χ0) is 14.5. The molecule has 7 heteroatoms. The summed E-state index contributed by atoms with van der Waals surface area (Å²) in [6.45, 7) is 1.42. The van der Waals surface area contributed by atoms with E-state index in [9.17, 15) is 9.59 Å². The second-order valence-corrected chi connectivity index (χ2v) is 5.16. The minimum Gasteiger partial charge on any atom is -0.480 e. The summed E-state index contributed by atoms with van der Waals surface area (Å²) < 4.78 is 5.12. The molecule has 1 aromatic rings. The first-order valence-electron chi connectivity index (χ1n) is 6.91. The van der Waals surface area contributed by atoms with Crippen molar-refractivity contribution in [1.29, 1.82) is 0 Å². The van der Waals surface area contributed by atoms with Gasteiger partial charge >= 0.3 is 5.97 Å². The van der Waals surface area contributed by atoms with E-state index in [1.807, 2.05) is 0 Å². The number of aryl methyl sites for hydroxylation is 1. The van der Waals surface area contributed by atoms with Gasteiger partial charge in [0.1, 0.15) is 6.04 Å². The predicted octanol–water partition coefficient (Wildman–Crippen LogP) is 1.25. The number of aromatic nitrogens is 2. The van der Waals surface area contributed by atoms with Crippen LogP contribution in [0.2, 0.25) is 0 Å². The Bertz CT molecular complexity index is 480. The highest BCUT2D eigenvalue weighted by Gasteiger charge is 2.22. The minimum absolute atomic E-state index is 0.143. The van der Waals surface area contributed by atoms with Crippen LogP contribution in [-0.4, -0.2) is 33.2 Å². The molecule has 2 N–H and O–H groups in total. The molecule has 0 bridgehead atoms. The number of carboxylic acids is 1. The Labute approximate surface area is 116 Å². The van der Waals surface area contributed by atoms with Gasteiger partial charge in [0.05, 0.1) is 0 Å². The maximum atomic E-state index is 11.5. The molecular formula is C13H19N3O4. The smallest absolute Gasteiger partial charge is 0.325 e. The molecule has 1 unspecified atom stereocenters. The van der Waals surface area contributed by atoms with Crippen LogP contribution in [0.4, 0.5) is 0 Å². The number of carbonyl (C=O) groups is 2. The van der Waals surface area contributed by atoms with Crippen molar-refractivity contribution in [2.75, 3.05) is 0 Å². The van der Waals surface area contributed by atoms with E-state index in [1.165, 1.54) is 19.8 Å². The highest BCUT2D eigenvalue weighted by atomic mass is 16.5. The van der Waals surface area contributed by atoms with Gasteiger partial charge in [-0.1, -0.05) is 18.0 Å². The third-order valence-electron chi connectivity index (χ3n) is 3.52. The van der Waals surface area contributed by atoms with E-state index in [0.29, 0.717) is 18.2 Å². The SMILES string of the molecule is CC(NC(=O)CCc1nc(C2CCCC2)no1)C(=O)O. The molecule has 1 atom stereocenters. The average molecular weight is 281 g/mol. The van der Waals surface area contributed by atoms with Gasteiger partial charge in [0.15, 0.2) is 5.82 Å². The zero-order valence-electron chi connectivity index (χ0n) is 11.5. The molecule has 1 aliphatic carbocycles. The van der Waals surface area contributed by atoms with Crippen molar-refractivity contribution >= 4 is 11.9 Å². The van der Waals surface area contributed by atoms with Gasteiger partial charge in [0.25, 0.3) is 0 Å². The summed E-state index contributed by atoms with van der Waals surface area (Å²) in [4.78, 5) is 26.4. The van der Waals surface area contributed by atoms with E-state index in [0.717, 1.165) is 18.7 Å². The van der Waals surface area contributed by atoms with Gasteiger partial charge in [0, 0.05) is 18.8 Å². The normalized spacial score (nSPS) is 17.1. The van der Waals surface area contributed by atoms with E-state index in [2.05, 4.69) is 15.5 Å². The summed E-state index contributed by atoms with van der Waals surface area (Å²) >= 11 is 0. The largest absolute Gasteiger partial charge is 0.480 e. The topological polar surface area (TPSA) is 105 Å². The molecule has 110 valence electrons. The fraction of sp³-hybridized carbons (Fsp3) is 0.692. The van der Waals surface area contributed by atoms with Crippen LogP contribution in [0, 0.1) is 0 Å². The summed E-state index contributed by atoms with van der Waals surface area (Å²) in [5.41, 5.74) is 0. The third-order valence-corrected chi connectivity index (χ3v) is 3.52. The Hall–Kier alpha value is -1.92. The third kappa shape index (κ3) is 3.79. The number of nitrogens with one attached hydrogen (secondary N) is 1. The average Bonchev–Trinajstić information content (AvgIpc) is 3.07. The van der Waals surface area contributed by atoms with Crippen molar-refractivity contribution in [2.45, 2.75) is 57.4 Å². The molecule has 0 radical (unpaired) electrons. The minimum atomic E-state index is -1.06. The van der Waals surface area contributed by atoms with Gasteiger partial charge in [0.2, 0.25) is 11.8 Å². The summed E-state index contributed by atoms with van der Waals surface area (Å²) in [6, 6.07) is -0.890. The molecule has 0 saturated heterocycles. The standard InChI is InChI=1S/C13H19N3O4/c1-8(13(18)19)14-10(17)6-7-11-15-12(16-20-11)9-4-2-3-5-9/h8-9H,2-7H2,1H3,(H,14,17)(H,18,19). The number of carbonyl (C=O) groups excluding carboxylic acids is 1. The van der Waals surface area contributed by atoms with E-state index >= 15 is 0 Å². The Morgan fingerprint density at radius 1 is 1.45 bits per heavy atom. The van der Waals surface area contributed by atoms with Crippen LogP contribution in [0.5, 0.6) is 0 Å². The second-order valence-electron chi connectivity index (χ2n) is 5.16. The Morgan fingerprint density at radius 2 is 2.15 bits per heavy atom. The van der Waals surface area contributed by atoms with Crippen molar-refractivity contribution in [3.8, 4) is 0 Å². The fourth-order valence-electron chi connectivity index (χ4n) is 2.32. The summed E-state index contributed by atoms with van der Waals surface area (Å²) in [5, 5.41) is 15.0. The lowest BCUT2D eigenvalue weighted by atomic mass is 10.1. The molecular weight excluding hydrogens is 262 g/mol. The van der Waals surface area contributed by atoms with E-state index in [4.69, 9.17) is 9.63 Å². The predicted molar refractivity (Wildman–Crippen MR) is 69.1 cm³/mol. The van der Waals surface area contributed by atoms with Crippen LogP contribution in [0.1, 0.15) is 56.7 Å². The first-order valence-corrected chi connectivity index (χ1v) is 6.91. The number of hydrogen-bond donors (Lipinski definition) is 2. The first kappa shape index (κ1) is 14.5. The fourth-order valence-corrected chi connectivity index (χ4v) is 2.32. The van der Waals surface area contributed by atoms with Gasteiger partial charge in [-0.25, -0.2) is 0 Å². The lowest BCUT2D eigenvalue weighted by Gasteiger charge is -2.07. The second kappa shape index (κ2) is 6.49.